The molecule has 1 saturated heterocycles. The van der Waals surface area contributed by atoms with Crippen molar-refractivity contribution < 1.29 is 9.59 Å². The summed E-state index contributed by atoms with van der Waals surface area (Å²) in [5.74, 6) is -0.123. The second-order valence-electron chi connectivity index (χ2n) is 3.54. The smallest absolute Gasteiger partial charge is 0.246 e. The first-order chi connectivity index (χ1) is 6.03. The van der Waals surface area contributed by atoms with E-state index < -0.39 is 5.41 Å². The zero-order valence-electron chi connectivity index (χ0n) is 7.96. The van der Waals surface area contributed by atoms with Gasteiger partial charge in [0.2, 0.25) is 11.8 Å². The summed E-state index contributed by atoms with van der Waals surface area (Å²) in [7, 11) is 1.60. The Morgan fingerprint density at radius 1 is 1.54 bits per heavy atom. The van der Waals surface area contributed by atoms with Gasteiger partial charge in [-0.15, -0.1) is 0 Å². The number of carbonyl (C=O) groups is 2. The quantitative estimate of drug-likeness (QED) is 0.599. The fraction of sp³-hybridized carbons (Fsp3) is 0.556. The Balaban J connectivity index is 2.52. The Morgan fingerprint density at radius 2 is 2.08 bits per heavy atom. The minimum Gasteiger partial charge on any atom is -0.359 e. The molecule has 0 spiro atoms. The summed E-state index contributed by atoms with van der Waals surface area (Å²) in [5, 5.41) is 2.58. The van der Waals surface area contributed by atoms with Crippen LogP contribution in [0.1, 0.15) is 6.92 Å². The van der Waals surface area contributed by atoms with Crippen molar-refractivity contribution >= 4 is 11.8 Å². The lowest BCUT2D eigenvalue weighted by Gasteiger charge is -2.45. The monoisotopic (exact) mass is 182 g/mol. The molecule has 0 aromatic heterocycles. The minimum absolute atomic E-state index is 0.0133. The van der Waals surface area contributed by atoms with E-state index in [2.05, 4.69) is 11.9 Å². The molecule has 2 amide bonds. The third-order valence-corrected chi connectivity index (χ3v) is 2.34. The first-order valence-corrected chi connectivity index (χ1v) is 4.17. The Kier molecular flexibility index (Phi) is 2.40. The molecule has 0 unspecified atom stereocenters. The highest BCUT2D eigenvalue weighted by Crippen LogP contribution is 2.29. The molecule has 0 aromatic carbocycles. The third kappa shape index (κ3) is 1.56. The van der Waals surface area contributed by atoms with E-state index in [1.165, 1.54) is 6.08 Å². The van der Waals surface area contributed by atoms with Crippen molar-refractivity contribution in [2.75, 3.05) is 20.1 Å². The van der Waals surface area contributed by atoms with Gasteiger partial charge in [0.15, 0.2) is 0 Å². The van der Waals surface area contributed by atoms with Crippen molar-refractivity contribution in [3.8, 4) is 0 Å². The molecule has 1 aliphatic rings. The molecule has 1 fully saturated rings. The van der Waals surface area contributed by atoms with Gasteiger partial charge in [0, 0.05) is 20.1 Å². The van der Waals surface area contributed by atoms with Crippen LogP contribution in [0, 0.1) is 5.41 Å². The lowest BCUT2D eigenvalue weighted by Crippen LogP contribution is -2.62. The van der Waals surface area contributed by atoms with Gasteiger partial charge in [-0.05, 0) is 13.0 Å². The first-order valence-electron chi connectivity index (χ1n) is 4.17. The van der Waals surface area contributed by atoms with Gasteiger partial charge in [0.05, 0.1) is 5.41 Å². The Labute approximate surface area is 77.6 Å². The second-order valence-corrected chi connectivity index (χ2v) is 3.54. The first kappa shape index (κ1) is 9.77. The summed E-state index contributed by atoms with van der Waals surface area (Å²) in [5.41, 5.74) is -0.409. The normalized spacial score (nSPS) is 18.8. The van der Waals surface area contributed by atoms with Gasteiger partial charge >= 0.3 is 0 Å². The fourth-order valence-electron chi connectivity index (χ4n) is 1.53. The summed E-state index contributed by atoms with van der Waals surface area (Å²) in [6.07, 6.45) is 1.27. The molecule has 1 rings (SSSR count). The molecule has 0 saturated carbocycles. The van der Waals surface area contributed by atoms with Crippen LogP contribution < -0.4 is 5.32 Å². The van der Waals surface area contributed by atoms with Gasteiger partial charge in [0.25, 0.3) is 0 Å². The highest BCUT2D eigenvalue weighted by atomic mass is 16.2. The minimum atomic E-state index is -0.409. The summed E-state index contributed by atoms with van der Waals surface area (Å²) >= 11 is 0. The zero-order chi connectivity index (χ0) is 10.1. The van der Waals surface area contributed by atoms with E-state index in [1.807, 2.05) is 6.92 Å². The van der Waals surface area contributed by atoms with Gasteiger partial charge < -0.3 is 10.2 Å². The molecule has 0 radical (unpaired) electrons. The number of nitrogens with zero attached hydrogens (tertiary/aromatic N) is 1. The van der Waals surface area contributed by atoms with Crippen molar-refractivity contribution in [2.24, 2.45) is 5.41 Å². The van der Waals surface area contributed by atoms with E-state index >= 15 is 0 Å². The Bertz CT molecular complexity index is 254. The van der Waals surface area contributed by atoms with Crippen LogP contribution in [0.2, 0.25) is 0 Å². The summed E-state index contributed by atoms with van der Waals surface area (Å²) in [6.45, 7) is 6.20. The maximum atomic E-state index is 11.3. The van der Waals surface area contributed by atoms with Gasteiger partial charge in [-0.2, -0.15) is 0 Å². The van der Waals surface area contributed by atoms with E-state index in [0.29, 0.717) is 13.1 Å². The zero-order valence-corrected chi connectivity index (χ0v) is 7.96. The van der Waals surface area contributed by atoms with Crippen molar-refractivity contribution in [3.63, 3.8) is 0 Å². The second kappa shape index (κ2) is 3.20. The number of hydrogen-bond donors (Lipinski definition) is 1. The van der Waals surface area contributed by atoms with Crippen LogP contribution in [-0.4, -0.2) is 36.9 Å². The molecular formula is C9H14N2O2. The molecule has 1 heterocycles. The Hall–Kier alpha value is -1.32. The number of likely N-dealkylation sites (tertiary alicyclic amines) is 1. The number of carbonyl (C=O) groups excluding carboxylic acids is 2. The molecule has 4 nitrogen and oxygen atoms in total. The number of rotatable bonds is 2. The SMILES string of the molecule is C=CC(=O)N1CC(C)(C(=O)NC)C1. The maximum Gasteiger partial charge on any atom is 0.246 e. The summed E-state index contributed by atoms with van der Waals surface area (Å²) < 4.78 is 0. The fourth-order valence-corrected chi connectivity index (χ4v) is 1.53. The number of amides is 2. The van der Waals surface area contributed by atoms with Crippen LogP contribution >= 0.6 is 0 Å². The van der Waals surface area contributed by atoms with E-state index in [9.17, 15) is 9.59 Å². The van der Waals surface area contributed by atoms with E-state index in [4.69, 9.17) is 0 Å². The van der Waals surface area contributed by atoms with Crippen LogP contribution in [0.4, 0.5) is 0 Å². The van der Waals surface area contributed by atoms with Gasteiger partial charge in [-0.3, -0.25) is 9.59 Å². The molecule has 13 heavy (non-hydrogen) atoms. The van der Waals surface area contributed by atoms with Crippen LogP contribution in [0.5, 0.6) is 0 Å². The molecular weight excluding hydrogens is 168 g/mol. The van der Waals surface area contributed by atoms with E-state index in [1.54, 1.807) is 11.9 Å². The van der Waals surface area contributed by atoms with Crippen molar-refractivity contribution in [1.29, 1.82) is 0 Å². The summed E-state index contributed by atoms with van der Waals surface area (Å²) in [4.78, 5) is 24.0. The topological polar surface area (TPSA) is 49.4 Å². The van der Waals surface area contributed by atoms with Crippen molar-refractivity contribution in [1.82, 2.24) is 10.2 Å². The van der Waals surface area contributed by atoms with Gasteiger partial charge in [0.1, 0.15) is 0 Å². The lowest BCUT2D eigenvalue weighted by molar-refractivity contribution is -0.148. The molecule has 1 aliphatic heterocycles. The van der Waals surface area contributed by atoms with Gasteiger partial charge in [-0.25, -0.2) is 0 Å². The number of hydrogen-bond acceptors (Lipinski definition) is 2. The molecule has 4 heteroatoms. The van der Waals surface area contributed by atoms with Crippen LogP contribution in [0.3, 0.4) is 0 Å². The van der Waals surface area contributed by atoms with Gasteiger partial charge in [-0.1, -0.05) is 6.58 Å². The predicted molar refractivity (Wildman–Crippen MR) is 49.0 cm³/mol. The van der Waals surface area contributed by atoms with E-state index in [-0.39, 0.29) is 11.8 Å². The standard InChI is InChI=1S/C9H14N2O2/c1-4-7(12)11-5-9(2,6-11)8(13)10-3/h4H,1,5-6H2,2-3H3,(H,10,13). The molecule has 0 bridgehead atoms. The molecule has 0 aromatic rings. The largest absolute Gasteiger partial charge is 0.359 e. The van der Waals surface area contributed by atoms with E-state index in [0.717, 1.165) is 0 Å². The predicted octanol–water partition coefficient (Wildman–Crippen LogP) is -0.233. The Morgan fingerprint density at radius 3 is 2.46 bits per heavy atom. The lowest BCUT2D eigenvalue weighted by atomic mass is 9.81. The number of nitrogens with one attached hydrogen (secondary N) is 1. The highest BCUT2D eigenvalue weighted by Gasteiger charge is 2.45. The molecule has 0 atom stereocenters. The summed E-state index contributed by atoms with van der Waals surface area (Å²) in [6, 6.07) is 0. The van der Waals surface area contributed by atoms with Crippen LogP contribution in [0.15, 0.2) is 12.7 Å². The van der Waals surface area contributed by atoms with Crippen molar-refractivity contribution in [2.45, 2.75) is 6.92 Å². The average molecular weight is 182 g/mol. The third-order valence-electron chi connectivity index (χ3n) is 2.34. The van der Waals surface area contributed by atoms with Crippen molar-refractivity contribution in [3.05, 3.63) is 12.7 Å². The van der Waals surface area contributed by atoms with Crippen LogP contribution in [0.25, 0.3) is 0 Å². The van der Waals surface area contributed by atoms with Crippen LogP contribution in [-0.2, 0) is 9.59 Å². The average Bonchev–Trinajstić information content (AvgIpc) is 2.10. The molecule has 0 aliphatic carbocycles. The molecule has 1 N–H and O–H groups in total. The highest BCUT2D eigenvalue weighted by molar-refractivity contribution is 5.91. The maximum absolute atomic E-state index is 11.3. The molecule has 72 valence electrons.